The molecule has 0 bridgehead atoms. The molecule has 2 aliphatic heterocycles. The fourth-order valence-corrected chi connectivity index (χ4v) is 5.60. The molecule has 36 heavy (non-hydrogen) atoms. The maximum atomic E-state index is 12.8. The van der Waals surface area contributed by atoms with E-state index in [1.54, 1.807) is 16.9 Å². The highest BCUT2D eigenvalue weighted by Gasteiger charge is 2.37. The molecule has 1 aromatic carbocycles. The van der Waals surface area contributed by atoms with Gasteiger partial charge in [-0.15, -0.1) is 5.10 Å². The normalized spacial score (nSPS) is 21.4. The van der Waals surface area contributed by atoms with Gasteiger partial charge < -0.3 is 16.0 Å². The smallest absolute Gasteiger partial charge is 0.273 e. The van der Waals surface area contributed by atoms with Crippen LogP contribution >= 0.6 is 0 Å². The zero-order valence-corrected chi connectivity index (χ0v) is 20.1. The van der Waals surface area contributed by atoms with Crippen LogP contribution in [0.1, 0.15) is 58.2 Å². The maximum Gasteiger partial charge on any atom is 0.273 e. The largest absolute Gasteiger partial charge is 0.384 e. The monoisotopic (exact) mass is 486 g/mol. The van der Waals surface area contributed by atoms with Crippen molar-refractivity contribution in [2.24, 2.45) is 0 Å². The SMILES string of the molecule is Nc1ccc2c(n1)CCC2NC(=O)c1cn(Cc2ccc(CN3CCN4CCCC4C3=O)cc2)nn1. The number of rotatable bonds is 6. The van der Waals surface area contributed by atoms with Crippen LogP contribution in [0.5, 0.6) is 0 Å². The van der Waals surface area contributed by atoms with Gasteiger partial charge in [0.05, 0.1) is 24.8 Å². The number of hydrogen-bond donors (Lipinski definition) is 2. The van der Waals surface area contributed by atoms with Crippen molar-refractivity contribution in [2.75, 3.05) is 25.4 Å². The van der Waals surface area contributed by atoms with Crippen LogP contribution in [0.2, 0.25) is 0 Å². The van der Waals surface area contributed by atoms with Gasteiger partial charge in [-0.25, -0.2) is 9.67 Å². The number of carbonyl (C=O) groups excluding carboxylic acids is 2. The van der Waals surface area contributed by atoms with Crippen molar-refractivity contribution in [3.63, 3.8) is 0 Å². The number of nitrogen functional groups attached to an aromatic ring is 1. The number of pyridine rings is 1. The number of nitrogens with zero attached hydrogens (tertiary/aromatic N) is 6. The zero-order valence-electron chi connectivity index (χ0n) is 20.1. The fraction of sp³-hybridized carbons (Fsp3) is 0.423. The van der Waals surface area contributed by atoms with Gasteiger partial charge in [0, 0.05) is 25.3 Å². The van der Waals surface area contributed by atoms with Crippen LogP contribution in [-0.2, 0) is 24.3 Å². The highest BCUT2D eigenvalue weighted by Crippen LogP contribution is 2.30. The Morgan fingerprint density at radius 2 is 1.83 bits per heavy atom. The summed E-state index contributed by atoms with van der Waals surface area (Å²) in [5.41, 5.74) is 10.2. The first-order valence-corrected chi connectivity index (χ1v) is 12.6. The molecule has 186 valence electrons. The summed E-state index contributed by atoms with van der Waals surface area (Å²) < 4.78 is 1.66. The van der Waals surface area contributed by atoms with Gasteiger partial charge in [0.15, 0.2) is 5.69 Å². The zero-order chi connectivity index (χ0) is 24.6. The van der Waals surface area contributed by atoms with Crippen LogP contribution in [0.3, 0.4) is 0 Å². The Hall–Kier alpha value is -3.79. The molecule has 2 fully saturated rings. The molecule has 10 heteroatoms. The Morgan fingerprint density at radius 3 is 2.67 bits per heavy atom. The molecule has 3 aromatic rings. The van der Waals surface area contributed by atoms with Crippen LogP contribution in [0, 0.1) is 0 Å². The van der Waals surface area contributed by atoms with Crippen molar-refractivity contribution in [3.8, 4) is 0 Å². The number of aryl methyl sites for hydroxylation is 1. The van der Waals surface area contributed by atoms with Gasteiger partial charge in [-0.05, 0) is 55.0 Å². The van der Waals surface area contributed by atoms with Gasteiger partial charge in [-0.1, -0.05) is 35.5 Å². The molecular weight excluding hydrogens is 456 g/mol. The number of hydrogen-bond acceptors (Lipinski definition) is 7. The first-order valence-electron chi connectivity index (χ1n) is 12.6. The van der Waals surface area contributed by atoms with Crippen molar-refractivity contribution >= 4 is 17.6 Å². The standard InChI is InChI=1S/C26H30N8O2/c27-24-10-7-19-20(28-24)8-9-21(19)29-25(35)22-16-34(31-30-22)15-18-5-3-17(4-6-18)14-33-13-12-32-11-1-2-23(32)26(33)36/h3-7,10,16,21,23H,1-2,8-9,11-15H2,(H2,27,28)(H,29,35). The summed E-state index contributed by atoms with van der Waals surface area (Å²) in [4.78, 5) is 34.2. The van der Waals surface area contributed by atoms with Crippen LogP contribution < -0.4 is 11.1 Å². The second kappa shape index (κ2) is 9.34. The van der Waals surface area contributed by atoms with Crippen molar-refractivity contribution in [1.82, 2.24) is 35.1 Å². The predicted octanol–water partition coefficient (Wildman–Crippen LogP) is 1.53. The minimum absolute atomic E-state index is 0.0793. The third kappa shape index (κ3) is 4.44. The molecule has 1 aliphatic carbocycles. The van der Waals surface area contributed by atoms with Crippen LogP contribution in [0.25, 0.3) is 0 Å². The quantitative estimate of drug-likeness (QED) is 0.542. The van der Waals surface area contributed by atoms with Crippen molar-refractivity contribution < 1.29 is 9.59 Å². The van der Waals surface area contributed by atoms with E-state index in [-0.39, 0.29) is 29.6 Å². The molecule has 0 radical (unpaired) electrons. The molecule has 2 atom stereocenters. The minimum Gasteiger partial charge on any atom is -0.384 e. The predicted molar refractivity (Wildman–Crippen MR) is 133 cm³/mol. The van der Waals surface area contributed by atoms with Crippen molar-refractivity contribution in [2.45, 2.75) is 50.9 Å². The van der Waals surface area contributed by atoms with Crippen LogP contribution in [-0.4, -0.2) is 67.3 Å². The van der Waals surface area contributed by atoms with Gasteiger partial charge >= 0.3 is 0 Å². The summed E-state index contributed by atoms with van der Waals surface area (Å²) >= 11 is 0. The number of aromatic nitrogens is 4. The topological polar surface area (TPSA) is 122 Å². The lowest BCUT2D eigenvalue weighted by Gasteiger charge is -2.36. The van der Waals surface area contributed by atoms with E-state index in [0.717, 1.165) is 67.7 Å². The average Bonchev–Trinajstić information content (AvgIpc) is 3.62. The molecule has 2 amide bonds. The number of carbonyl (C=O) groups is 2. The second-order valence-electron chi connectivity index (χ2n) is 9.91. The summed E-state index contributed by atoms with van der Waals surface area (Å²) in [5, 5.41) is 11.3. The highest BCUT2D eigenvalue weighted by atomic mass is 16.2. The molecule has 2 aromatic heterocycles. The van der Waals surface area contributed by atoms with Crippen LogP contribution in [0.4, 0.5) is 5.82 Å². The first-order chi connectivity index (χ1) is 17.5. The third-order valence-electron chi connectivity index (χ3n) is 7.51. The summed E-state index contributed by atoms with van der Waals surface area (Å²) in [6.07, 6.45) is 5.34. The molecule has 10 nitrogen and oxygen atoms in total. The van der Waals surface area contributed by atoms with E-state index in [0.29, 0.717) is 18.9 Å². The lowest BCUT2D eigenvalue weighted by Crippen LogP contribution is -2.53. The number of anilines is 1. The molecule has 3 N–H and O–H groups in total. The summed E-state index contributed by atoms with van der Waals surface area (Å²) in [5.74, 6) is 0.508. The number of nitrogens with two attached hydrogens (primary N) is 1. The number of piperazine rings is 1. The molecule has 2 saturated heterocycles. The number of nitrogens with one attached hydrogen (secondary N) is 1. The number of benzene rings is 1. The molecule has 6 rings (SSSR count). The van der Waals surface area contributed by atoms with Crippen molar-refractivity contribution in [3.05, 3.63) is 70.7 Å². The second-order valence-corrected chi connectivity index (χ2v) is 9.91. The Labute approximate surface area is 209 Å². The lowest BCUT2D eigenvalue weighted by atomic mass is 10.1. The fourth-order valence-electron chi connectivity index (χ4n) is 5.60. The maximum absolute atomic E-state index is 12.8. The van der Waals surface area contributed by atoms with Gasteiger partial charge in [0.1, 0.15) is 5.82 Å². The van der Waals surface area contributed by atoms with E-state index in [1.165, 1.54) is 0 Å². The Balaban J connectivity index is 1.05. The molecule has 4 heterocycles. The molecule has 0 spiro atoms. The van der Waals surface area contributed by atoms with Gasteiger partial charge in [-0.3, -0.25) is 14.5 Å². The molecule has 2 unspecified atom stereocenters. The first kappa shape index (κ1) is 22.7. The molecule has 3 aliphatic rings. The van der Waals surface area contributed by atoms with E-state index in [1.807, 2.05) is 23.1 Å². The van der Waals surface area contributed by atoms with Gasteiger partial charge in [0.2, 0.25) is 5.91 Å². The minimum atomic E-state index is -0.252. The van der Waals surface area contributed by atoms with E-state index >= 15 is 0 Å². The van der Waals surface area contributed by atoms with E-state index < -0.39 is 0 Å². The number of amides is 2. The highest BCUT2D eigenvalue weighted by molar-refractivity contribution is 5.92. The Bertz CT molecular complexity index is 1290. The van der Waals surface area contributed by atoms with Gasteiger partial charge in [0.25, 0.3) is 5.91 Å². The van der Waals surface area contributed by atoms with Crippen molar-refractivity contribution in [1.29, 1.82) is 0 Å². The summed E-state index contributed by atoms with van der Waals surface area (Å²) in [6.45, 7) is 3.96. The summed E-state index contributed by atoms with van der Waals surface area (Å²) in [7, 11) is 0. The van der Waals surface area contributed by atoms with E-state index in [9.17, 15) is 9.59 Å². The molecular formula is C26H30N8O2. The lowest BCUT2D eigenvalue weighted by molar-refractivity contribution is -0.140. The number of fused-ring (bicyclic) bond motifs is 2. The third-order valence-corrected chi connectivity index (χ3v) is 7.51. The summed E-state index contributed by atoms with van der Waals surface area (Å²) in [6, 6.07) is 11.9. The average molecular weight is 487 g/mol. The Morgan fingerprint density at radius 1 is 1.03 bits per heavy atom. The van der Waals surface area contributed by atoms with Gasteiger partial charge in [-0.2, -0.15) is 0 Å². The van der Waals surface area contributed by atoms with E-state index in [2.05, 4.69) is 37.6 Å². The van der Waals surface area contributed by atoms with Crippen LogP contribution in [0.15, 0.2) is 42.6 Å². The van der Waals surface area contributed by atoms with E-state index in [4.69, 9.17) is 5.73 Å². The Kier molecular flexibility index (Phi) is 5.88. The molecule has 0 saturated carbocycles.